The van der Waals surface area contributed by atoms with Gasteiger partial charge in [-0.05, 0) is 18.9 Å². The standard InChI is InChI=1S/C15H18N4O/c20-15(18-19-10-6-3-7-11-19)14-12-8-4-1-2-5-9-13(12)16-17-14/h1-2,4-5,8-9H,3,6-7,10-11H2,(H,16,17)(H,18,20). The molecule has 0 radical (unpaired) electrons. The van der Waals surface area contributed by atoms with Crippen LogP contribution in [0, 0.1) is 0 Å². The fraction of sp³-hybridized carbons (Fsp3) is 0.333. The lowest BCUT2D eigenvalue weighted by Crippen LogP contribution is -2.45. The molecule has 0 saturated carbocycles. The lowest BCUT2D eigenvalue weighted by molar-refractivity contribution is 0.0744. The van der Waals surface area contributed by atoms with Crippen LogP contribution in [0.5, 0.6) is 0 Å². The average Bonchev–Trinajstić information content (AvgIpc) is 2.82. The Bertz CT molecular complexity index is 577. The molecule has 1 amide bonds. The lowest BCUT2D eigenvalue weighted by Gasteiger charge is -2.26. The van der Waals surface area contributed by atoms with Gasteiger partial charge in [0.05, 0.1) is 5.69 Å². The minimum absolute atomic E-state index is 0.146. The van der Waals surface area contributed by atoms with Crippen LogP contribution in [0.2, 0.25) is 0 Å². The molecule has 1 aliphatic heterocycles. The third kappa shape index (κ3) is 2.72. The molecule has 2 aliphatic rings. The van der Waals surface area contributed by atoms with Crippen molar-refractivity contribution in [3.63, 3.8) is 0 Å². The number of nitrogens with zero attached hydrogens (tertiary/aromatic N) is 2. The Balaban J connectivity index is 1.79. The summed E-state index contributed by atoms with van der Waals surface area (Å²) in [5.41, 5.74) is 5.08. The first-order valence-corrected chi connectivity index (χ1v) is 7.00. The van der Waals surface area contributed by atoms with Crippen LogP contribution in [-0.2, 0) is 0 Å². The third-order valence-electron chi connectivity index (χ3n) is 3.52. The van der Waals surface area contributed by atoms with Crippen LogP contribution in [0.4, 0.5) is 0 Å². The number of aromatic amines is 1. The van der Waals surface area contributed by atoms with E-state index in [0.717, 1.165) is 37.2 Å². The second kappa shape index (κ2) is 5.88. The van der Waals surface area contributed by atoms with Gasteiger partial charge in [0.15, 0.2) is 5.69 Å². The first kappa shape index (κ1) is 12.9. The summed E-state index contributed by atoms with van der Waals surface area (Å²) in [6, 6.07) is 0. The quantitative estimate of drug-likeness (QED) is 0.865. The molecule has 0 bridgehead atoms. The number of nitrogens with one attached hydrogen (secondary N) is 2. The molecule has 1 saturated heterocycles. The summed E-state index contributed by atoms with van der Waals surface area (Å²) in [6.45, 7) is 1.83. The van der Waals surface area contributed by atoms with Crippen molar-refractivity contribution < 1.29 is 4.79 Å². The number of rotatable bonds is 2. The molecule has 1 aromatic heterocycles. The lowest BCUT2D eigenvalue weighted by atomic mass is 10.1. The van der Waals surface area contributed by atoms with E-state index in [0.29, 0.717) is 5.69 Å². The molecule has 5 nitrogen and oxygen atoms in total. The zero-order valence-corrected chi connectivity index (χ0v) is 11.3. The predicted molar refractivity (Wildman–Crippen MR) is 78.7 cm³/mol. The van der Waals surface area contributed by atoms with Gasteiger partial charge in [-0.25, -0.2) is 5.01 Å². The molecule has 0 unspecified atom stereocenters. The van der Waals surface area contributed by atoms with Gasteiger partial charge >= 0.3 is 0 Å². The zero-order chi connectivity index (χ0) is 13.8. The van der Waals surface area contributed by atoms with Crippen molar-refractivity contribution in [2.45, 2.75) is 19.3 Å². The van der Waals surface area contributed by atoms with E-state index in [1.165, 1.54) is 6.42 Å². The van der Waals surface area contributed by atoms with Crippen LogP contribution in [0.3, 0.4) is 0 Å². The predicted octanol–water partition coefficient (Wildman–Crippen LogP) is 2.14. The van der Waals surface area contributed by atoms with Gasteiger partial charge in [0.2, 0.25) is 0 Å². The number of amides is 1. The van der Waals surface area contributed by atoms with Crippen molar-refractivity contribution in [1.82, 2.24) is 20.6 Å². The van der Waals surface area contributed by atoms with Gasteiger partial charge in [-0.2, -0.15) is 5.10 Å². The topological polar surface area (TPSA) is 61.0 Å². The normalized spacial score (nSPS) is 23.2. The number of carbonyl (C=O) groups excluding carboxylic acids is 1. The molecule has 20 heavy (non-hydrogen) atoms. The second-order valence-corrected chi connectivity index (χ2v) is 4.99. The Hall–Kier alpha value is -2.14. The van der Waals surface area contributed by atoms with E-state index in [-0.39, 0.29) is 5.91 Å². The smallest absolute Gasteiger partial charge is 0.283 e. The average molecular weight is 270 g/mol. The SMILES string of the molecule is O=C(NN1CCCCC1)c1n[nH]c2c1\C=C/C=C\C=C/2. The summed E-state index contributed by atoms with van der Waals surface area (Å²) in [5.74, 6) is -0.146. The van der Waals surface area contributed by atoms with Gasteiger partial charge in [-0.1, -0.05) is 36.8 Å². The molecule has 0 aromatic carbocycles. The molecule has 2 heterocycles. The summed E-state index contributed by atoms with van der Waals surface area (Å²) >= 11 is 0. The maximum absolute atomic E-state index is 12.3. The number of H-pyrrole nitrogens is 1. The zero-order valence-electron chi connectivity index (χ0n) is 11.3. The highest BCUT2D eigenvalue weighted by atomic mass is 16.2. The number of carbonyl (C=O) groups is 1. The fourth-order valence-corrected chi connectivity index (χ4v) is 2.47. The van der Waals surface area contributed by atoms with Gasteiger partial charge in [0.25, 0.3) is 5.91 Å². The molecule has 104 valence electrons. The van der Waals surface area contributed by atoms with Crippen molar-refractivity contribution in [2.24, 2.45) is 0 Å². The van der Waals surface area contributed by atoms with E-state index in [9.17, 15) is 4.79 Å². The summed E-state index contributed by atoms with van der Waals surface area (Å²) < 4.78 is 0. The highest BCUT2D eigenvalue weighted by molar-refractivity contribution is 5.96. The molecule has 1 aromatic rings. The van der Waals surface area contributed by atoms with E-state index in [2.05, 4.69) is 15.6 Å². The summed E-state index contributed by atoms with van der Waals surface area (Å²) in [4.78, 5) is 12.3. The molecule has 3 rings (SSSR count). The Kier molecular flexibility index (Phi) is 3.78. The van der Waals surface area contributed by atoms with Crippen LogP contribution >= 0.6 is 0 Å². The number of hydrazine groups is 1. The van der Waals surface area contributed by atoms with Gasteiger partial charge in [-0.15, -0.1) is 0 Å². The minimum Gasteiger partial charge on any atom is -0.283 e. The Labute approximate surface area is 118 Å². The highest BCUT2D eigenvalue weighted by Crippen LogP contribution is 2.17. The van der Waals surface area contributed by atoms with E-state index in [4.69, 9.17) is 0 Å². The number of allylic oxidation sites excluding steroid dienone is 4. The first-order valence-electron chi connectivity index (χ1n) is 7.00. The first-order chi connectivity index (χ1) is 9.84. The summed E-state index contributed by atoms with van der Waals surface area (Å²) in [5, 5.41) is 9.04. The van der Waals surface area contributed by atoms with Crippen LogP contribution in [0.1, 0.15) is 41.0 Å². The molecule has 5 heteroatoms. The number of aromatic nitrogens is 2. The molecule has 1 aliphatic carbocycles. The molecule has 1 fully saturated rings. The van der Waals surface area contributed by atoms with Gasteiger partial charge in [-0.3, -0.25) is 15.3 Å². The number of fused-ring (bicyclic) bond motifs is 1. The van der Waals surface area contributed by atoms with Crippen LogP contribution < -0.4 is 5.43 Å². The van der Waals surface area contributed by atoms with Crippen molar-refractivity contribution in [3.8, 4) is 0 Å². The van der Waals surface area contributed by atoms with Crippen molar-refractivity contribution in [1.29, 1.82) is 0 Å². The second-order valence-electron chi connectivity index (χ2n) is 4.99. The summed E-state index contributed by atoms with van der Waals surface area (Å²) in [7, 11) is 0. The highest BCUT2D eigenvalue weighted by Gasteiger charge is 2.20. The maximum Gasteiger partial charge on any atom is 0.286 e. The van der Waals surface area contributed by atoms with E-state index in [1.807, 2.05) is 41.5 Å². The Morgan fingerprint density at radius 2 is 1.85 bits per heavy atom. The summed E-state index contributed by atoms with van der Waals surface area (Å²) in [6.07, 6.45) is 15.0. The molecule has 2 N–H and O–H groups in total. The Morgan fingerprint density at radius 3 is 2.65 bits per heavy atom. The van der Waals surface area contributed by atoms with Crippen LogP contribution in [0.15, 0.2) is 24.3 Å². The van der Waals surface area contributed by atoms with Gasteiger partial charge in [0.1, 0.15) is 0 Å². The number of hydrogen-bond donors (Lipinski definition) is 2. The molecule has 0 atom stereocenters. The third-order valence-corrected chi connectivity index (χ3v) is 3.52. The minimum atomic E-state index is -0.146. The van der Waals surface area contributed by atoms with Crippen molar-refractivity contribution in [3.05, 3.63) is 41.3 Å². The van der Waals surface area contributed by atoms with E-state index in [1.54, 1.807) is 0 Å². The maximum atomic E-state index is 12.3. The molecular weight excluding hydrogens is 252 g/mol. The molecular formula is C15H18N4O. The fourth-order valence-electron chi connectivity index (χ4n) is 2.47. The van der Waals surface area contributed by atoms with Crippen molar-refractivity contribution in [2.75, 3.05) is 13.1 Å². The van der Waals surface area contributed by atoms with E-state index < -0.39 is 0 Å². The van der Waals surface area contributed by atoms with E-state index >= 15 is 0 Å². The van der Waals surface area contributed by atoms with Crippen molar-refractivity contribution >= 4 is 18.1 Å². The number of hydrogen-bond acceptors (Lipinski definition) is 3. The largest absolute Gasteiger partial charge is 0.286 e. The van der Waals surface area contributed by atoms with Crippen LogP contribution in [0.25, 0.3) is 12.2 Å². The van der Waals surface area contributed by atoms with Crippen LogP contribution in [-0.4, -0.2) is 34.2 Å². The van der Waals surface area contributed by atoms with Gasteiger partial charge in [0, 0.05) is 18.7 Å². The molecule has 0 spiro atoms. The number of piperidine rings is 1. The monoisotopic (exact) mass is 270 g/mol. The Morgan fingerprint density at radius 1 is 1.10 bits per heavy atom. The van der Waals surface area contributed by atoms with Gasteiger partial charge < -0.3 is 0 Å².